The molecular formula is C46H52F8O4. The normalized spacial score (nSPS) is 10.7. The summed E-state index contributed by atoms with van der Waals surface area (Å²) in [5.74, 6) is -7.28. The summed E-state index contributed by atoms with van der Waals surface area (Å²) in [6.45, 7) is 16.3. The molecule has 0 amide bonds. The Bertz CT molecular complexity index is 1790. The molecule has 12 heteroatoms. The molecule has 0 aliphatic carbocycles. The third-order valence-electron chi connectivity index (χ3n) is 7.53. The van der Waals surface area contributed by atoms with Crippen molar-refractivity contribution in [2.75, 3.05) is 26.4 Å². The Morgan fingerprint density at radius 2 is 0.586 bits per heavy atom. The fourth-order valence-electron chi connectivity index (χ4n) is 4.23. The summed E-state index contributed by atoms with van der Waals surface area (Å²) in [4.78, 5) is 0. The van der Waals surface area contributed by atoms with Gasteiger partial charge in [-0.2, -0.15) is 17.6 Å². The first-order chi connectivity index (χ1) is 27.7. The van der Waals surface area contributed by atoms with Crippen LogP contribution in [-0.2, 0) is 0 Å². The lowest BCUT2D eigenvalue weighted by atomic mass is 10.2. The van der Waals surface area contributed by atoms with Crippen molar-refractivity contribution in [1.29, 1.82) is 0 Å². The zero-order chi connectivity index (χ0) is 43.6. The van der Waals surface area contributed by atoms with Crippen molar-refractivity contribution in [3.8, 4) is 23.0 Å². The van der Waals surface area contributed by atoms with Gasteiger partial charge in [0.1, 0.15) is 26.4 Å². The minimum atomic E-state index is -0.943. The summed E-state index contributed by atoms with van der Waals surface area (Å²) in [7, 11) is 0. The van der Waals surface area contributed by atoms with Crippen LogP contribution >= 0.6 is 0 Å². The van der Waals surface area contributed by atoms with Crippen molar-refractivity contribution in [2.45, 2.75) is 67.7 Å². The van der Waals surface area contributed by atoms with Crippen LogP contribution in [0.3, 0.4) is 0 Å². The van der Waals surface area contributed by atoms with Gasteiger partial charge in [-0.15, -0.1) is 0 Å². The number of benzene rings is 4. The number of hydrogen-bond donors (Lipinski definition) is 0. The molecule has 316 valence electrons. The Kier molecular flexibility index (Phi) is 24.4. The Morgan fingerprint density at radius 1 is 0.362 bits per heavy atom. The van der Waals surface area contributed by atoms with E-state index in [-0.39, 0.29) is 71.7 Å². The second-order valence-corrected chi connectivity index (χ2v) is 12.2. The third-order valence-corrected chi connectivity index (χ3v) is 7.53. The second kappa shape index (κ2) is 28.0. The number of allylic oxidation sites excluding steroid dienone is 3. The molecule has 0 aliphatic rings. The van der Waals surface area contributed by atoms with E-state index in [9.17, 15) is 35.1 Å². The summed E-state index contributed by atoms with van der Waals surface area (Å²) in [6, 6.07) is 11.7. The third kappa shape index (κ3) is 17.3. The average molecular weight is 821 g/mol. The zero-order valence-corrected chi connectivity index (χ0v) is 34.0. The van der Waals surface area contributed by atoms with Crippen LogP contribution in [0.2, 0.25) is 0 Å². The molecule has 0 saturated carbocycles. The van der Waals surface area contributed by atoms with Gasteiger partial charge in [0.15, 0.2) is 46.3 Å². The van der Waals surface area contributed by atoms with Crippen molar-refractivity contribution < 1.29 is 54.1 Å². The van der Waals surface area contributed by atoms with Crippen LogP contribution in [0.25, 0.3) is 0 Å². The molecule has 0 spiro atoms. The molecule has 0 heterocycles. The highest BCUT2D eigenvalue weighted by Crippen LogP contribution is 2.25. The molecule has 4 aromatic rings. The first-order valence-electron chi connectivity index (χ1n) is 18.5. The Balaban J connectivity index is 0.000000387. The summed E-state index contributed by atoms with van der Waals surface area (Å²) in [5, 5.41) is 0. The van der Waals surface area contributed by atoms with E-state index in [1.54, 1.807) is 18.2 Å². The van der Waals surface area contributed by atoms with Gasteiger partial charge in [-0.05, 0) is 93.5 Å². The maximum atomic E-state index is 13.2. The van der Waals surface area contributed by atoms with Crippen molar-refractivity contribution in [3.63, 3.8) is 0 Å². The highest BCUT2D eigenvalue weighted by molar-refractivity contribution is 5.33. The Labute approximate surface area is 337 Å². The molecule has 0 aromatic heterocycles. The van der Waals surface area contributed by atoms with E-state index in [2.05, 4.69) is 6.58 Å². The molecule has 0 unspecified atom stereocenters. The standard InChI is InChI=1S/3C12H14F2O.C10H10F2O/c3*1-3-4-5-8-15-10-7-6-9(2)11(13)12(10)14;1-3-6-13-8-5-4-7(2)9(11)10(8)12/h3*4-7H,3,8H2,1-2H3;3-5H,1,6H2,2H3/b3*5-4-;. The van der Waals surface area contributed by atoms with Crippen molar-refractivity contribution in [3.05, 3.63) is 166 Å². The Hall–Kier alpha value is -5.52. The summed E-state index contributed by atoms with van der Waals surface area (Å²) < 4.78 is 125. The fraction of sp³-hybridized carbons (Fsp3) is 0.304. The largest absolute Gasteiger partial charge is 0.486 e. The van der Waals surface area contributed by atoms with Gasteiger partial charge in [-0.25, -0.2) is 17.6 Å². The van der Waals surface area contributed by atoms with Crippen molar-refractivity contribution in [2.24, 2.45) is 0 Å². The maximum absolute atomic E-state index is 13.2. The number of ether oxygens (including phenoxy) is 4. The summed E-state index contributed by atoms with van der Waals surface area (Å²) in [6.07, 6.45) is 15.2. The quantitative estimate of drug-likeness (QED) is 0.0884. The van der Waals surface area contributed by atoms with Gasteiger partial charge in [0.25, 0.3) is 0 Å². The van der Waals surface area contributed by atoms with E-state index < -0.39 is 46.5 Å². The molecular weight excluding hydrogens is 768 g/mol. The molecule has 0 aliphatic heterocycles. The van der Waals surface area contributed by atoms with Gasteiger partial charge in [0, 0.05) is 0 Å². The molecule has 58 heavy (non-hydrogen) atoms. The zero-order valence-electron chi connectivity index (χ0n) is 34.0. The molecule has 0 radical (unpaired) electrons. The fourth-order valence-corrected chi connectivity index (χ4v) is 4.23. The summed E-state index contributed by atoms with van der Waals surface area (Å²) >= 11 is 0. The van der Waals surface area contributed by atoms with E-state index in [0.717, 1.165) is 19.3 Å². The highest BCUT2D eigenvalue weighted by atomic mass is 19.2. The highest BCUT2D eigenvalue weighted by Gasteiger charge is 2.14. The average Bonchev–Trinajstić information content (AvgIpc) is 3.22. The van der Waals surface area contributed by atoms with Crippen molar-refractivity contribution in [1.82, 2.24) is 0 Å². The minimum Gasteiger partial charge on any atom is -0.486 e. The Morgan fingerprint density at radius 3 is 0.793 bits per heavy atom. The number of rotatable bonds is 15. The lowest BCUT2D eigenvalue weighted by molar-refractivity contribution is 0.331. The maximum Gasteiger partial charge on any atom is 0.200 e. The van der Waals surface area contributed by atoms with Crippen LogP contribution in [0.4, 0.5) is 35.1 Å². The van der Waals surface area contributed by atoms with Crippen LogP contribution in [0.5, 0.6) is 23.0 Å². The van der Waals surface area contributed by atoms with E-state index >= 15 is 0 Å². The molecule has 0 saturated heterocycles. The number of aryl methyl sites for hydroxylation is 4. The lowest BCUT2D eigenvalue weighted by Crippen LogP contribution is -1.99. The van der Waals surface area contributed by atoms with Gasteiger partial charge in [-0.3, -0.25) is 0 Å². The van der Waals surface area contributed by atoms with Gasteiger partial charge in [0.05, 0.1) is 0 Å². The molecule has 0 fully saturated rings. The van der Waals surface area contributed by atoms with E-state index in [1.165, 1.54) is 82.3 Å². The predicted octanol–water partition coefficient (Wildman–Crippen LogP) is 13.7. The van der Waals surface area contributed by atoms with Gasteiger partial charge in [0.2, 0.25) is 23.3 Å². The predicted molar refractivity (Wildman–Crippen MR) is 215 cm³/mol. The van der Waals surface area contributed by atoms with E-state index in [0.29, 0.717) is 0 Å². The first kappa shape index (κ1) is 50.5. The van der Waals surface area contributed by atoms with Crippen LogP contribution < -0.4 is 18.9 Å². The van der Waals surface area contributed by atoms with E-state index in [1.807, 2.05) is 39.0 Å². The lowest BCUT2D eigenvalue weighted by Gasteiger charge is -2.06. The van der Waals surface area contributed by atoms with Gasteiger partial charge < -0.3 is 18.9 Å². The molecule has 0 atom stereocenters. The number of halogens is 8. The molecule has 0 N–H and O–H groups in total. The SMILES string of the molecule is C=CCOc1ccc(C)c(F)c1F.CC/C=C\COc1ccc(C)c(F)c1F.CC/C=C\COc1ccc(C)c(F)c1F.CC/C=C\COc1ccc(C)c(F)c1F. The topological polar surface area (TPSA) is 36.9 Å². The van der Waals surface area contributed by atoms with Gasteiger partial charge in [-0.1, -0.05) is 94.1 Å². The second-order valence-electron chi connectivity index (χ2n) is 12.2. The molecule has 4 rings (SSSR count). The molecule has 4 nitrogen and oxygen atoms in total. The van der Waals surface area contributed by atoms with Crippen LogP contribution in [0, 0.1) is 74.2 Å². The van der Waals surface area contributed by atoms with Crippen LogP contribution in [0.1, 0.15) is 62.3 Å². The van der Waals surface area contributed by atoms with Crippen LogP contribution in [0.15, 0.2) is 97.6 Å². The van der Waals surface area contributed by atoms with Crippen molar-refractivity contribution >= 4 is 0 Å². The monoisotopic (exact) mass is 820 g/mol. The van der Waals surface area contributed by atoms with Gasteiger partial charge >= 0.3 is 0 Å². The smallest absolute Gasteiger partial charge is 0.200 e. The molecule has 4 aromatic carbocycles. The van der Waals surface area contributed by atoms with Crippen LogP contribution in [-0.4, -0.2) is 26.4 Å². The summed E-state index contributed by atoms with van der Waals surface area (Å²) in [5.41, 5.74) is 1.11. The van der Waals surface area contributed by atoms with E-state index in [4.69, 9.17) is 18.9 Å². The number of hydrogen-bond acceptors (Lipinski definition) is 4. The first-order valence-corrected chi connectivity index (χ1v) is 18.5. The molecule has 0 bridgehead atoms. The minimum absolute atomic E-state index is 0.0427.